The molecule has 0 aliphatic carbocycles. The highest BCUT2D eigenvalue weighted by Gasteiger charge is 2.08. The van der Waals surface area contributed by atoms with Crippen LogP contribution in [-0.2, 0) is 5.75 Å². The lowest BCUT2D eigenvalue weighted by Gasteiger charge is -2.24. The van der Waals surface area contributed by atoms with Gasteiger partial charge in [0.25, 0.3) is 0 Å². The molecule has 1 rings (SSSR count). The lowest BCUT2D eigenvalue weighted by Crippen LogP contribution is -2.50. The second-order valence-corrected chi connectivity index (χ2v) is 5.37. The second kappa shape index (κ2) is 9.14. The number of ether oxygens (including phenoxy) is 1. The summed E-state index contributed by atoms with van der Waals surface area (Å²) >= 11 is 7.02. The van der Waals surface area contributed by atoms with Crippen molar-refractivity contribution in [1.29, 1.82) is 0 Å². The molecule has 2 N–H and O–H groups in total. The number of thioether (sulfide) groups is 1. The second-order valence-electron chi connectivity index (χ2n) is 3.76. The van der Waals surface area contributed by atoms with Crippen LogP contribution in [0.3, 0.4) is 0 Å². The van der Waals surface area contributed by atoms with Gasteiger partial charge in [-0.25, -0.2) is 16.0 Å². The molecule has 1 aromatic rings. The van der Waals surface area contributed by atoms with Gasteiger partial charge in [0, 0.05) is 18.8 Å². The van der Waals surface area contributed by atoms with E-state index >= 15 is 0 Å². The standard InChI is InChI=1S/C13H21N3OS2/c1-4-14-16(15-5-2)13(18)19-10-11-6-8-12(17-3)9-7-11/h6-9,14-15H,4-5,10H2,1-3H3. The summed E-state index contributed by atoms with van der Waals surface area (Å²) in [6, 6.07) is 8.04. The molecular weight excluding hydrogens is 278 g/mol. The Morgan fingerprint density at radius 3 is 2.26 bits per heavy atom. The van der Waals surface area contributed by atoms with Crippen molar-refractivity contribution in [2.75, 3.05) is 20.2 Å². The van der Waals surface area contributed by atoms with Crippen LogP contribution >= 0.6 is 24.0 Å². The van der Waals surface area contributed by atoms with E-state index in [2.05, 4.69) is 23.0 Å². The molecule has 0 radical (unpaired) electrons. The fourth-order valence-corrected chi connectivity index (χ4v) is 2.48. The van der Waals surface area contributed by atoms with Crippen LogP contribution in [0.15, 0.2) is 24.3 Å². The molecule has 0 aromatic heterocycles. The Labute approximate surface area is 124 Å². The van der Waals surface area contributed by atoms with Crippen LogP contribution in [0.25, 0.3) is 0 Å². The number of nitrogens with zero attached hydrogens (tertiary/aromatic N) is 1. The molecule has 0 amide bonds. The van der Waals surface area contributed by atoms with E-state index in [1.807, 2.05) is 31.1 Å². The van der Waals surface area contributed by atoms with Gasteiger partial charge in [0.2, 0.25) is 0 Å². The maximum Gasteiger partial charge on any atom is 0.167 e. The minimum absolute atomic E-state index is 0.791. The first-order valence-electron chi connectivity index (χ1n) is 6.28. The molecule has 0 fully saturated rings. The van der Waals surface area contributed by atoms with Crippen molar-refractivity contribution < 1.29 is 4.74 Å². The van der Waals surface area contributed by atoms with Crippen molar-refractivity contribution in [2.24, 2.45) is 0 Å². The fraction of sp³-hybridized carbons (Fsp3) is 0.462. The van der Waals surface area contributed by atoms with E-state index in [0.29, 0.717) is 0 Å². The van der Waals surface area contributed by atoms with Gasteiger partial charge in [-0.15, -0.1) is 0 Å². The molecule has 0 bridgehead atoms. The van der Waals surface area contributed by atoms with Crippen LogP contribution in [0.2, 0.25) is 0 Å². The predicted octanol–water partition coefficient (Wildman–Crippen LogP) is 2.56. The van der Waals surface area contributed by atoms with Crippen molar-refractivity contribution >= 4 is 28.3 Å². The van der Waals surface area contributed by atoms with Crippen molar-refractivity contribution in [2.45, 2.75) is 19.6 Å². The summed E-state index contributed by atoms with van der Waals surface area (Å²) in [5.41, 5.74) is 7.58. The van der Waals surface area contributed by atoms with Crippen LogP contribution < -0.4 is 15.6 Å². The van der Waals surface area contributed by atoms with Crippen molar-refractivity contribution in [1.82, 2.24) is 16.0 Å². The number of benzene rings is 1. The van der Waals surface area contributed by atoms with E-state index in [9.17, 15) is 0 Å². The van der Waals surface area contributed by atoms with Gasteiger partial charge in [0.15, 0.2) is 4.32 Å². The number of hydrogen-bond donors (Lipinski definition) is 2. The first kappa shape index (κ1) is 16.2. The van der Waals surface area contributed by atoms with E-state index in [0.717, 1.165) is 28.9 Å². The van der Waals surface area contributed by atoms with Gasteiger partial charge >= 0.3 is 0 Å². The monoisotopic (exact) mass is 299 g/mol. The van der Waals surface area contributed by atoms with Gasteiger partial charge in [-0.2, -0.15) is 0 Å². The van der Waals surface area contributed by atoms with Crippen LogP contribution in [-0.4, -0.2) is 29.6 Å². The molecule has 6 heteroatoms. The maximum atomic E-state index is 5.39. The van der Waals surface area contributed by atoms with E-state index in [4.69, 9.17) is 17.0 Å². The molecular formula is C13H21N3OS2. The minimum Gasteiger partial charge on any atom is -0.497 e. The summed E-state index contributed by atoms with van der Waals surface area (Å²) in [5.74, 6) is 1.72. The molecule has 106 valence electrons. The molecule has 0 aliphatic rings. The molecule has 0 atom stereocenters. The molecule has 4 nitrogen and oxygen atoms in total. The van der Waals surface area contributed by atoms with Crippen LogP contribution in [0, 0.1) is 0 Å². The van der Waals surface area contributed by atoms with Crippen LogP contribution in [0.5, 0.6) is 5.75 Å². The molecule has 1 aromatic carbocycles. The lowest BCUT2D eigenvalue weighted by molar-refractivity contribution is 0.241. The van der Waals surface area contributed by atoms with Crippen LogP contribution in [0.4, 0.5) is 0 Å². The normalized spacial score (nSPS) is 10.3. The first-order chi connectivity index (χ1) is 9.21. The van der Waals surface area contributed by atoms with Gasteiger partial charge < -0.3 is 4.74 Å². The van der Waals surface area contributed by atoms with E-state index in [1.165, 1.54) is 5.56 Å². The highest BCUT2D eigenvalue weighted by Crippen LogP contribution is 2.18. The van der Waals surface area contributed by atoms with Gasteiger partial charge in [-0.3, -0.25) is 0 Å². The summed E-state index contributed by atoms with van der Waals surface area (Å²) in [5, 5.41) is 1.81. The summed E-state index contributed by atoms with van der Waals surface area (Å²) in [7, 11) is 1.67. The molecule has 0 saturated carbocycles. The summed E-state index contributed by atoms with van der Waals surface area (Å²) in [6.07, 6.45) is 0. The van der Waals surface area contributed by atoms with E-state index in [-0.39, 0.29) is 0 Å². The number of hydrogen-bond acceptors (Lipinski definition) is 5. The third-order valence-electron chi connectivity index (χ3n) is 2.34. The number of thiocarbonyl (C=S) groups is 1. The topological polar surface area (TPSA) is 36.5 Å². The smallest absolute Gasteiger partial charge is 0.167 e. The van der Waals surface area contributed by atoms with Crippen molar-refractivity contribution in [3.8, 4) is 5.75 Å². The molecule has 0 spiro atoms. The number of methoxy groups -OCH3 is 1. The summed E-state index contributed by atoms with van der Waals surface area (Å²) in [6.45, 7) is 5.74. The SMILES string of the molecule is CCNN(NCC)C(=S)SCc1ccc(OC)cc1. The number of nitrogens with one attached hydrogen (secondary N) is 2. The summed E-state index contributed by atoms with van der Waals surface area (Å²) in [4.78, 5) is 0. The highest BCUT2D eigenvalue weighted by atomic mass is 32.2. The quantitative estimate of drug-likeness (QED) is 0.595. The summed E-state index contributed by atoms with van der Waals surface area (Å²) < 4.78 is 5.93. The van der Waals surface area contributed by atoms with E-state index in [1.54, 1.807) is 18.9 Å². The van der Waals surface area contributed by atoms with Crippen molar-refractivity contribution in [3.63, 3.8) is 0 Å². The molecule has 0 saturated heterocycles. The Morgan fingerprint density at radius 1 is 1.21 bits per heavy atom. The zero-order valence-corrected chi connectivity index (χ0v) is 13.2. The predicted molar refractivity (Wildman–Crippen MR) is 86.1 cm³/mol. The molecule has 0 heterocycles. The zero-order chi connectivity index (χ0) is 14.1. The lowest BCUT2D eigenvalue weighted by atomic mass is 10.2. The average molecular weight is 299 g/mol. The largest absolute Gasteiger partial charge is 0.497 e. The Bertz CT molecular complexity index is 378. The third kappa shape index (κ3) is 5.78. The minimum atomic E-state index is 0.791. The number of hydrazine groups is 2. The Hall–Kier alpha value is -0.820. The number of rotatable bonds is 7. The van der Waals surface area contributed by atoms with Gasteiger partial charge in [-0.1, -0.05) is 37.7 Å². The Balaban J connectivity index is 2.46. The first-order valence-corrected chi connectivity index (χ1v) is 7.67. The van der Waals surface area contributed by atoms with Gasteiger partial charge in [0.1, 0.15) is 5.75 Å². The Kier molecular flexibility index (Phi) is 7.81. The zero-order valence-electron chi connectivity index (χ0n) is 11.6. The van der Waals surface area contributed by atoms with Gasteiger partial charge in [0.05, 0.1) is 7.11 Å². The molecule has 0 aliphatic heterocycles. The third-order valence-corrected chi connectivity index (χ3v) is 3.78. The average Bonchev–Trinajstić information content (AvgIpc) is 2.45. The van der Waals surface area contributed by atoms with Gasteiger partial charge in [-0.05, 0) is 29.9 Å². The Morgan fingerprint density at radius 2 is 1.79 bits per heavy atom. The van der Waals surface area contributed by atoms with Crippen LogP contribution in [0.1, 0.15) is 19.4 Å². The van der Waals surface area contributed by atoms with E-state index < -0.39 is 0 Å². The maximum absolute atomic E-state index is 5.39. The van der Waals surface area contributed by atoms with Crippen molar-refractivity contribution in [3.05, 3.63) is 29.8 Å². The fourth-order valence-electron chi connectivity index (χ4n) is 1.43. The highest BCUT2D eigenvalue weighted by molar-refractivity contribution is 8.22. The molecule has 19 heavy (non-hydrogen) atoms. The molecule has 0 unspecified atom stereocenters.